The minimum absolute atomic E-state index is 0.436. The van der Waals surface area contributed by atoms with Crippen molar-refractivity contribution >= 4 is 11.9 Å². The van der Waals surface area contributed by atoms with Crippen molar-refractivity contribution in [3.63, 3.8) is 0 Å². The van der Waals surface area contributed by atoms with Gasteiger partial charge in [-0.15, -0.1) is 0 Å². The van der Waals surface area contributed by atoms with Crippen LogP contribution in [0.3, 0.4) is 0 Å². The number of aliphatic imine (C=N–C) groups is 2. The zero-order valence-electron chi connectivity index (χ0n) is 13.2. The first kappa shape index (κ1) is 14.7. The third-order valence-corrected chi connectivity index (χ3v) is 3.76. The molecule has 0 amide bonds. The summed E-state index contributed by atoms with van der Waals surface area (Å²) in [6, 6.07) is 9.46. The second kappa shape index (κ2) is 6.68. The number of nitrogens with zero attached hydrogens (tertiary/aromatic N) is 2. The molecule has 0 bridgehead atoms. The van der Waals surface area contributed by atoms with E-state index in [1.807, 2.05) is 0 Å². The Balaban J connectivity index is 1.44. The predicted molar refractivity (Wildman–Crippen MR) is 89.9 cm³/mol. The standard InChI is InChI=1S/C16H24N6/c1-11-7-17-15(21-11)19-9-13-3-5-14(6-4-13)10-20-16-18-8-12(2)22-16/h3-6,11-12H,7-10H2,1-2H3,(H2,17,19,21)(H2,18,20,22). The Kier molecular flexibility index (Phi) is 4.46. The lowest BCUT2D eigenvalue weighted by Crippen LogP contribution is -2.37. The van der Waals surface area contributed by atoms with E-state index < -0.39 is 0 Å². The van der Waals surface area contributed by atoms with Crippen LogP contribution < -0.4 is 21.3 Å². The maximum atomic E-state index is 4.39. The van der Waals surface area contributed by atoms with E-state index in [-0.39, 0.29) is 0 Å². The highest BCUT2D eigenvalue weighted by atomic mass is 15.2. The molecule has 0 saturated carbocycles. The average Bonchev–Trinajstić information content (AvgIpc) is 3.12. The molecule has 3 rings (SSSR count). The van der Waals surface area contributed by atoms with Crippen molar-refractivity contribution in [3.05, 3.63) is 35.4 Å². The molecule has 118 valence electrons. The lowest BCUT2D eigenvalue weighted by Gasteiger charge is -2.11. The maximum absolute atomic E-state index is 4.39. The van der Waals surface area contributed by atoms with Crippen LogP contribution in [-0.2, 0) is 13.1 Å². The molecule has 1 aromatic carbocycles. The van der Waals surface area contributed by atoms with Crippen LogP contribution >= 0.6 is 0 Å². The molecule has 6 heteroatoms. The molecule has 2 heterocycles. The predicted octanol–water partition coefficient (Wildman–Crippen LogP) is 0.561. The largest absolute Gasteiger partial charge is 0.352 e. The topological polar surface area (TPSA) is 72.8 Å². The van der Waals surface area contributed by atoms with Gasteiger partial charge in [0.25, 0.3) is 0 Å². The quantitative estimate of drug-likeness (QED) is 0.656. The first-order valence-electron chi connectivity index (χ1n) is 7.86. The lowest BCUT2D eigenvalue weighted by atomic mass is 10.1. The van der Waals surface area contributed by atoms with Crippen LogP contribution in [0.4, 0.5) is 0 Å². The normalized spacial score (nSPS) is 23.4. The number of benzene rings is 1. The molecular formula is C16H24N6. The first-order chi connectivity index (χ1) is 10.7. The van der Waals surface area contributed by atoms with E-state index in [9.17, 15) is 0 Å². The van der Waals surface area contributed by atoms with Gasteiger partial charge in [-0.1, -0.05) is 24.3 Å². The van der Waals surface area contributed by atoms with Crippen LogP contribution in [0.2, 0.25) is 0 Å². The van der Waals surface area contributed by atoms with Crippen LogP contribution in [0.25, 0.3) is 0 Å². The Morgan fingerprint density at radius 2 is 1.27 bits per heavy atom. The highest BCUT2D eigenvalue weighted by Crippen LogP contribution is 2.05. The van der Waals surface area contributed by atoms with Gasteiger partial charge in [0.1, 0.15) is 0 Å². The van der Waals surface area contributed by atoms with Crippen molar-refractivity contribution in [3.8, 4) is 0 Å². The average molecular weight is 300 g/mol. The van der Waals surface area contributed by atoms with E-state index >= 15 is 0 Å². The summed E-state index contributed by atoms with van der Waals surface area (Å²) in [5.74, 6) is 1.80. The van der Waals surface area contributed by atoms with Gasteiger partial charge < -0.3 is 21.3 Å². The number of rotatable bonds is 4. The summed E-state index contributed by atoms with van der Waals surface area (Å²) in [5.41, 5.74) is 2.50. The lowest BCUT2D eigenvalue weighted by molar-refractivity contribution is 0.712. The van der Waals surface area contributed by atoms with E-state index in [2.05, 4.69) is 69.4 Å². The molecule has 0 spiro atoms. The smallest absolute Gasteiger partial charge is 0.191 e. The van der Waals surface area contributed by atoms with Crippen LogP contribution in [-0.4, -0.2) is 37.1 Å². The fourth-order valence-electron chi connectivity index (χ4n) is 2.47. The van der Waals surface area contributed by atoms with Crippen molar-refractivity contribution in [2.45, 2.75) is 39.0 Å². The summed E-state index contributed by atoms with van der Waals surface area (Å²) in [6.45, 7) is 7.54. The number of hydrogen-bond acceptors (Lipinski definition) is 6. The van der Waals surface area contributed by atoms with E-state index in [1.165, 1.54) is 11.1 Å². The molecule has 6 nitrogen and oxygen atoms in total. The van der Waals surface area contributed by atoms with Gasteiger partial charge in [-0.2, -0.15) is 0 Å². The molecule has 2 atom stereocenters. The third-order valence-electron chi connectivity index (χ3n) is 3.76. The zero-order chi connectivity index (χ0) is 15.4. The maximum Gasteiger partial charge on any atom is 0.191 e. The SMILES string of the molecule is CC1CN=C(NCc2ccc(CNC3=NCC(C)N3)cc2)N1. The fourth-order valence-corrected chi connectivity index (χ4v) is 2.47. The van der Waals surface area contributed by atoms with E-state index in [4.69, 9.17) is 0 Å². The minimum atomic E-state index is 0.436. The van der Waals surface area contributed by atoms with Crippen molar-refractivity contribution in [1.29, 1.82) is 0 Å². The summed E-state index contributed by atoms with van der Waals surface area (Å²) in [4.78, 5) is 8.79. The summed E-state index contributed by atoms with van der Waals surface area (Å²) >= 11 is 0. The second-order valence-corrected chi connectivity index (χ2v) is 5.99. The Labute approximate surface area is 131 Å². The summed E-state index contributed by atoms with van der Waals surface area (Å²) in [7, 11) is 0. The number of nitrogens with one attached hydrogen (secondary N) is 4. The summed E-state index contributed by atoms with van der Waals surface area (Å²) in [6.07, 6.45) is 0. The van der Waals surface area contributed by atoms with E-state index in [1.54, 1.807) is 0 Å². The minimum Gasteiger partial charge on any atom is -0.352 e. The van der Waals surface area contributed by atoms with Gasteiger partial charge in [-0.05, 0) is 25.0 Å². The number of hydrogen-bond donors (Lipinski definition) is 4. The molecule has 2 aliphatic rings. The molecule has 4 N–H and O–H groups in total. The molecule has 0 fully saturated rings. The van der Waals surface area contributed by atoms with Crippen molar-refractivity contribution in [2.75, 3.05) is 13.1 Å². The highest BCUT2D eigenvalue weighted by Gasteiger charge is 2.12. The van der Waals surface area contributed by atoms with Crippen molar-refractivity contribution < 1.29 is 0 Å². The molecule has 0 aliphatic carbocycles. The Hall–Kier alpha value is -2.24. The Morgan fingerprint density at radius 3 is 1.59 bits per heavy atom. The van der Waals surface area contributed by atoms with Crippen molar-refractivity contribution in [2.24, 2.45) is 9.98 Å². The monoisotopic (exact) mass is 300 g/mol. The van der Waals surface area contributed by atoms with Crippen LogP contribution in [0.15, 0.2) is 34.3 Å². The first-order valence-corrected chi connectivity index (χ1v) is 7.86. The summed E-state index contributed by atoms with van der Waals surface area (Å²) in [5, 5.41) is 13.2. The van der Waals surface area contributed by atoms with Gasteiger partial charge in [0.05, 0.1) is 13.1 Å². The molecule has 0 radical (unpaired) electrons. The molecule has 22 heavy (non-hydrogen) atoms. The van der Waals surface area contributed by atoms with Gasteiger partial charge in [-0.3, -0.25) is 9.98 Å². The zero-order valence-corrected chi connectivity index (χ0v) is 13.2. The van der Waals surface area contributed by atoms with Crippen LogP contribution in [0.5, 0.6) is 0 Å². The number of guanidine groups is 2. The highest BCUT2D eigenvalue weighted by molar-refractivity contribution is 5.82. The Morgan fingerprint density at radius 1 is 0.864 bits per heavy atom. The molecule has 0 aromatic heterocycles. The van der Waals surface area contributed by atoms with Gasteiger partial charge in [0, 0.05) is 25.2 Å². The van der Waals surface area contributed by atoms with E-state index in [0.29, 0.717) is 12.1 Å². The summed E-state index contributed by atoms with van der Waals surface area (Å²) < 4.78 is 0. The van der Waals surface area contributed by atoms with Crippen LogP contribution in [0, 0.1) is 0 Å². The van der Waals surface area contributed by atoms with Gasteiger partial charge in [0.2, 0.25) is 0 Å². The third kappa shape index (κ3) is 3.90. The van der Waals surface area contributed by atoms with Gasteiger partial charge in [0.15, 0.2) is 11.9 Å². The molecule has 2 unspecified atom stereocenters. The second-order valence-electron chi connectivity index (χ2n) is 5.99. The molecule has 1 aromatic rings. The molecule has 2 aliphatic heterocycles. The molecular weight excluding hydrogens is 276 g/mol. The van der Waals surface area contributed by atoms with Gasteiger partial charge in [-0.25, -0.2) is 0 Å². The van der Waals surface area contributed by atoms with Crippen LogP contribution in [0.1, 0.15) is 25.0 Å². The Bertz CT molecular complexity index is 512. The van der Waals surface area contributed by atoms with E-state index in [0.717, 1.165) is 38.1 Å². The van der Waals surface area contributed by atoms with Gasteiger partial charge >= 0.3 is 0 Å². The molecule has 0 saturated heterocycles. The van der Waals surface area contributed by atoms with Crippen molar-refractivity contribution in [1.82, 2.24) is 21.3 Å². The fraction of sp³-hybridized carbons (Fsp3) is 0.500.